The van der Waals surface area contributed by atoms with E-state index in [1.807, 2.05) is 6.08 Å². The number of carbonyl (C=O) groups excluding carboxylic acids is 1. The zero-order chi connectivity index (χ0) is 22.6. The maximum Gasteiger partial charge on any atom is 0.159 e. The molecule has 0 aromatic carbocycles. The maximum atomic E-state index is 13.5. The molecule has 0 bridgehead atoms. The normalized spacial score (nSPS) is 44.3. The van der Waals surface area contributed by atoms with Crippen molar-refractivity contribution in [3.63, 3.8) is 0 Å². The summed E-state index contributed by atoms with van der Waals surface area (Å²) in [7, 11) is 0. The smallest absolute Gasteiger partial charge is 0.159 e. The minimum atomic E-state index is -0.243. The van der Waals surface area contributed by atoms with Gasteiger partial charge in [-0.15, -0.1) is 0 Å². The molecule has 4 rings (SSSR count). The second kappa shape index (κ2) is 8.62. The fourth-order valence-corrected chi connectivity index (χ4v) is 9.04. The van der Waals surface area contributed by atoms with Crippen LogP contribution in [0, 0.1) is 52.3 Å². The highest BCUT2D eigenvalue weighted by atomic mass is 16.3. The Bertz CT molecular complexity index is 708. The van der Waals surface area contributed by atoms with Gasteiger partial charge in [0, 0.05) is 5.92 Å². The van der Waals surface area contributed by atoms with Crippen molar-refractivity contribution in [2.24, 2.45) is 52.3 Å². The van der Waals surface area contributed by atoms with Crippen LogP contribution in [0.3, 0.4) is 0 Å². The van der Waals surface area contributed by atoms with Crippen LogP contribution in [0.1, 0.15) is 106 Å². The summed E-state index contributed by atoms with van der Waals surface area (Å²) < 4.78 is 0. The first-order valence-electron chi connectivity index (χ1n) is 13.5. The Hall–Kier alpha value is -0.630. The summed E-state index contributed by atoms with van der Waals surface area (Å²) in [4.78, 5) is 13.5. The number of carbonyl (C=O) groups is 1. The largest absolute Gasteiger partial charge is 0.393 e. The van der Waals surface area contributed by atoms with Gasteiger partial charge in [0.05, 0.1) is 6.10 Å². The molecule has 2 nitrogen and oxygen atoms in total. The molecular formula is C29H48O2. The van der Waals surface area contributed by atoms with Crippen LogP contribution in [0.25, 0.3) is 0 Å². The Labute approximate surface area is 191 Å². The Kier molecular flexibility index (Phi) is 6.54. The molecule has 176 valence electrons. The summed E-state index contributed by atoms with van der Waals surface area (Å²) in [5, 5.41) is 10.2. The van der Waals surface area contributed by atoms with Crippen LogP contribution in [0.4, 0.5) is 0 Å². The molecule has 0 aromatic heterocycles. The molecule has 0 amide bonds. The molecule has 9 atom stereocenters. The zero-order valence-electron chi connectivity index (χ0n) is 21.1. The van der Waals surface area contributed by atoms with Gasteiger partial charge in [0.25, 0.3) is 0 Å². The maximum absolute atomic E-state index is 13.5. The topological polar surface area (TPSA) is 37.3 Å². The molecule has 1 N–H and O–H groups in total. The van der Waals surface area contributed by atoms with Gasteiger partial charge >= 0.3 is 0 Å². The summed E-state index contributed by atoms with van der Waals surface area (Å²) >= 11 is 0. The van der Waals surface area contributed by atoms with E-state index in [0.29, 0.717) is 23.0 Å². The summed E-state index contributed by atoms with van der Waals surface area (Å²) in [5.74, 6) is 4.90. The van der Waals surface area contributed by atoms with Crippen molar-refractivity contribution >= 4 is 5.78 Å². The molecule has 2 heteroatoms. The van der Waals surface area contributed by atoms with Gasteiger partial charge in [-0.1, -0.05) is 60.0 Å². The lowest BCUT2D eigenvalue weighted by Gasteiger charge is -2.57. The fraction of sp³-hybridized carbons (Fsp3) is 0.897. The van der Waals surface area contributed by atoms with Gasteiger partial charge in [0.15, 0.2) is 5.78 Å². The SMILES string of the molecule is CC[C@H](CC[C@@H](C)[C@H]1CC[C@H]2[C@@H]3C(=O)C=C4C[C@@H](O)CC[C@]4(C)[C@H]3CC[C@]12C)C(C)C. The second-order valence-corrected chi connectivity index (χ2v) is 12.8. The van der Waals surface area contributed by atoms with Crippen LogP contribution in [0.15, 0.2) is 11.6 Å². The van der Waals surface area contributed by atoms with Gasteiger partial charge in [-0.05, 0) is 104 Å². The minimum Gasteiger partial charge on any atom is -0.393 e. The number of aliphatic hydroxyl groups is 1. The van der Waals surface area contributed by atoms with Gasteiger partial charge in [0.2, 0.25) is 0 Å². The molecule has 0 heterocycles. The minimum absolute atomic E-state index is 0.147. The number of rotatable bonds is 6. The van der Waals surface area contributed by atoms with E-state index in [0.717, 1.165) is 42.9 Å². The number of hydrogen-bond donors (Lipinski definition) is 1. The summed E-state index contributed by atoms with van der Waals surface area (Å²) in [5.41, 5.74) is 1.75. The van der Waals surface area contributed by atoms with Gasteiger partial charge in [-0.25, -0.2) is 0 Å². The Morgan fingerprint density at radius 3 is 2.45 bits per heavy atom. The molecule has 0 aliphatic heterocycles. The third-order valence-electron chi connectivity index (χ3n) is 11.1. The van der Waals surface area contributed by atoms with Crippen molar-refractivity contribution in [2.75, 3.05) is 0 Å². The molecule has 4 aliphatic carbocycles. The van der Waals surface area contributed by atoms with Gasteiger partial charge in [-0.3, -0.25) is 4.79 Å². The average Bonchev–Trinajstić information content (AvgIpc) is 3.06. The highest BCUT2D eigenvalue weighted by Gasteiger charge is 2.61. The summed E-state index contributed by atoms with van der Waals surface area (Å²) in [6.45, 7) is 14.6. The monoisotopic (exact) mass is 428 g/mol. The Morgan fingerprint density at radius 1 is 1.03 bits per heavy atom. The van der Waals surface area contributed by atoms with E-state index >= 15 is 0 Å². The lowest BCUT2D eigenvalue weighted by molar-refractivity contribution is -0.135. The van der Waals surface area contributed by atoms with Crippen LogP contribution >= 0.6 is 0 Å². The van der Waals surface area contributed by atoms with Crippen molar-refractivity contribution in [3.8, 4) is 0 Å². The van der Waals surface area contributed by atoms with Gasteiger partial charge in [0.1, 0.15) is 0 Å². The Balaban J connectivity index is 1.52. The lowest BCUT2D eigenvalue weighted by Crippen LogP contribution is -2.53. The molecule has 31 heavy (non-hydrogen) atoms. The highest BCUT2D eigenvalue weighted by molar-refractivity contribution is 5.94. The standard InChI is InChI=1S/C29H48O2/c1-7-20(18(2)3)9-8-19(4)23-10-11-24-27-25(13-15-29(23,24)6)28(5)14-12-22(30)16-21(28)17-26(27)31/h17-20,22-25,27,30H,7-16H2,1-6H3/t19-,20-,22+,23-,24+,25+,27+,28+,29-/m1/s1. The second-order valence-electron chi connectivity index (χ2n) is 12.8. The number of fused-ring (bicyclic) bond motifs is 5. The first-order valence-corrected chi connectivity index (χ1v) is 13.5. The van der Waals surface area contributed by atoms with Crippen LogP contribution in [0.2, 0.25) is 0 Å². The fourth-order valence-electron chi connectivity index (χ4n) is 9.04. The molecule has 3 fully saturated rings. The third-order valence-corrected chi connectivity index (χ3v) is 11.1. The molecule has 3 saturated carbocycles. The highest BCUT2D eigenvalue weighted by Crippen LogP contribution is 2.66. The van der Waals surface area contributed by atoms with E-state index in [2.05, 4.69) is 41.5 Å². The van der Waals surface area contributed by atoms with Gasteiger partial charge in [-0.2, -0.15) is 0 Å². The van der Waals surface area contributed by atoms with E-state index in [1.54, 1.807) is 0 Å². The number of ketones is 1. The first kappa shape index (κ1) is 23.5. The van der Waals surface area contributed by atoms with E-state index in [4.69, 9.17) is 0 Å². The average molecular weight is 429 g/mol. The molecule has 0 aromatic rings. The number of hydrogen-bond acceptors (Lipinski definition) is 2. The Morgan fingerprint density at radius 2 is 1.77 bits per heavy atom. The third kappa shape index (κ3) is 3.87. The van der Waals surface area contributed by atoms with Crippen molar-refractivity contribution in [1.29, 1.82) is 0 Å². The van der Waals surface area contributed by atoms with E-state index < -0.39 is 0 Å². The van der Waals surface area contributed by atoms with Crippen LogP contribution in [0.5, 0.6) is 0 Å². The predicted octanol–water partition coefficient (Wildman–Crippen LogP) is 7.20. The van der Waals surface area contributed by atoms with E-state index in [1.165, 1.54) is 50.5 Å². The number of allylic oxidation sites excluding steroid dienone is 1. The van der Waals surface area contributed by atoms with Crippen molar-refractivity contribution in [3.05, 3.63) is 11.6 Å². The van der Waals surface area contributed by atoms with Crippen molar-refractivity contribution < 1.29 is 9.90 Å². The van der Waals surface area contributed by atoms with E-state index in [9.17, 15) is 9.90 Å². The van der Waals surface area contributed by atoms with Crippen molar-refractivity contribution in [1.82, 2.24) is 0 Å². The summed E-state index contributed by atoms with van der Waals surface area (Å²) in [6, 6.07) is 0. The number of aliphatic hydroxyl groups excluding tert-OH is 1. The first-order chi connectivity index (χ1) is 14.6. The molecule has 0 saturated heterocycles. The van der Waals surface area contributed by atoms with Crippen LogP contribution < -0.4 is 0 Å². The molecular weight excluding hydrogens is 380 g/mol. The summed E-state index contributed by atoms with van der Waals surface area (Å²) in [6.07, 6.45) is 13.5. The molecule has 4 aliphatic rings. The molecule has 0 spiro atoms. The van der Waals surface area contributed by atoms with Crippen LogP contribution in [-0.2, 0) is 4.79 Å². The molecule has 0 unspecified atom stereocenters. The van der Waals surface area contributed by atoms with Gasteiger partial charge < -0.3 is 5.11 Å². The van der Waals surface area contributed by atoms with E-state index in [-0.39, 0.29) is 17.4 Å². The quantitative estimate of drug-likeness (QED) is 0.485. The predicted molar refractivity (Wildman–Crippen MR) is 129 cm³/mol. The molecule has 0 radical (unpaired) electrons. The van der Waals surface area contributed by atoms with Crippen LogP contribution in [-0.4, -0.2) is 17.0 Å². The van der Waals surface area contributed by atoms with Crippen molar-refractivity contribution in [2.45, 2.75) is 112 Å². The zero-order valence-corrected chi connectivity index (χ0v) is 21.1. The lowest BCUT2D eigenvalue weighted by atomic mass is 9.46.